The molecule has 0 aromatic carbocycles. The summed E-state index contributed by atoms with van der Waals surface area (Å²) in [6, 6.07) is 0. The van der Waals surface area contributed by atoms with Gasteiger partial charge in [0.25, 0.3) is 0 Å². The lowest BCUT2D eigenvalue weighted by Crippen LogP contribution is -2.32. The minimum atomic E-state index is -0.408. The van der Waals surface area contributed by atoms with E-state index >= 15 is 0 Å². The largest absolute Gasteiger partial charge is 0.392 e. The van der Waals surface area contributed by atoms with Gasteiger partial charge in [-0.05, 0) is 69.1 Å². The summed E-state index contributed by atoms with van der Waals surface area (Å²) < 4.78 is 0. The molecule has 2 aliphatic rings. The fourth-order valence-electron chi connectivity index (χ4n) is 5.90. The first-order chi connectivity index (χ1) is 15.9. The van der Waals surface area contributed by atoms with Gasteiger partial charge in [0.15, 0.2) is 0 Å². The summed E-state index contributed by atoms with van der Waals surface area (Å²) in [7, 11) is 0. The first-order valence-electron chi connectivity index (χ1n) is 13.9. The molecule has 0 aliphatic heterocycles. The third-order valence-corrected chi connectivity index (χ3v) is 7.68. The zero-order chi connectivity index (χ0) is 24.2. The van der Waals surface area contributed by atoms with Crippen molar-refractivity contribution in [3.05, 3.63) is 23.8 Å². The maximum atomic E-state index is 12.5. The van der Waals surface area contributed by atoms with Crippen LogP contribution in [0.1, 0.15) is 105 Å². The Morgan fingerprint density at radius 2 is 1.88 bits per heavy atom. The van der Waals surface area contributed by atoms with E-state index in [1.807, 2.05) is 11.0 Å². The lowest BCUT2D eigenvalue weighted by atomic mass is 9.88. The van der Waals surface area contributed by atoms with Crippen LogP contribution in [-0.4, -0.2) is 46.3 Å². The van der Waals surface area contributed by atoms with Crippen LogP contribution in [0.15, 0.2) is 23.8 Å². The number of unbranched alkanes of at least 4 members (excludes halogenated alkanes) is 2. The number of rotatable bonds is 16. The normalized spacial score (nSPS) is 26.4. The molecular weight excluding hydrogens is 410 g/mol. The van der Waals surface area contributed by atoms with Crippen molar-refractivity contribution in [2.24, 2.45) is 23.7 Å². The van der Waals surface area contributed by atoms with E-state index in [-0.39, 0.29) is 12.0 Å². The number of carbonyl (C=O) groups excluding carboxylic acids is 1. The molecule has 0 spiro atoms. The van der Waals surface area contributed by atoms with E-state index in [9.17, 15) is 15.0 Å². The number of fused-ring (bicyclic) bond motifs is 1. The first-order valence-corrected chi connectivity index (χ1v) is 13.9. The second kappa shape index (κ2) is 15.0. The highest BCUT2D eigenvalue weighted by molar-refractivity contribution is 5.76. The van der Waals surface area contributed by atoms with Gasteiger partial charge >= 0.3 is 0 Å². The Balaban J connectivity index is 1.75. The van der Waals surface area contributed by atoms with Gasteiger partial charge in [-0.1, -0.05) is 70.8 Å². The minimum absolute atomic E-state index is 0.155. The van der Waals surface area contributed by atoms with Crippen molar-refractivity contribution in [3.63, 3.8) is 0 Å². The average Bonchev–Trinajstić information content (AvgIpc) is 3.29. The van der Waals surface area contributed by atoms with Gasteiger partial charge in [0.2, 0.25) is 5.91 Å². The molecule has 2 aliphatic carbocycles. The summed E-state index contributed by atoms with van der Waals surface area (Å²) in [4.78, 5) is 14.5. The molecule has 6 atom stereocenters. The third kappa shape index (κ3) is 9.20. The van der Waals surface area contributed by atoms with Crippen LogP contribution < -0.4 is 0 Å². The molecule has 0 aromatic heterocycles. The van der Waals surface area contributed by atoms with Crippen molar-refractivity contribution < 1.29 is 15.0 Å². The Bertz CT molecular complexity index is 622. The molecule has 0 bridgehead atoms. The van der Waals surface area contributed by atoms with E-state index in [2.05, 4.69) is 39.8 Å². The Labute approximate surface area is 203 Å². The first kappa shape index (κ1) is 28.1. The molecule has 4 heteroatoms. The minimum Gasteiger partial charge on any atom is -0.392 e. The highest BCUT2D eigenvalue weighted by Crippen LogP contribution is 2.48. The number of amides is 1. The summed E-state index contributed by atoms with van der Waals surface area (Å²) in [5.41, 5.74) is 1.51. The predicted octanol–water partition coefficient (Wildman–Crippen LogP) is 6.27. The maximum Gasteiger partial charge on any atom is 0.222 e. The molecule has 0 aromatic rings. The molecular formula is C29H51NO3. The summed E-state index contributed by atoms with van der Waals surface area (Å²) in [6.07, 6.45) is 17.9. The van der Waals surface area contributed by atoms with E-state index < -0.39 is 6.10 Å². The van der Waals surface area contributed by atoms with Gasteiger partial charge < -0.3 is 15.1 Å². The summed E-state index contributed by atoms with van der Waals surface area (Å²) in [5, 5.41) is 21.0. The van der Waals surface area contributed by atoms with Crippen LogP contribution in [0, 0.1) is 23.7 Å². The lowest BCUT2D eigenvalue weighted by Gasteiger charge is -2.21. The fraction of sp³-hybridized carbons (Fsp3) is 0.828. The number of carbonyl (C=O) groups is 1. The highest BCUT2D eigenvalue weighted by atomic mass is 16.3. The third-order valence-electron chi connectivity index (χ3n) is 7.68. The van der Waals surface area contributed by atoms with Crippen molar-refractivity contribution in [3.8, 4) is 0 Å². The molecule has 0 unspecified atom stereocenters. The van der Waals surface area contributed by atoms with Crippen molar-refractivity contribution in [1.82, 2.24) is 4.90 Å². The van der Waals surface area contributed by atoms with Gasteiger partial charge in [-0.3, -0.25) is 4.79 Å². The van der Waals surface area contributed by atoms with E-state index in [4.69, 9.17) is 0 Å². The van der Waals surface area contributed by atoms with Gasteiger partial charge in [0, 0.05) is 25.4 Å². The number of nitrogens with zero attached hydrogens (tertiary/aromatic N) is 1. The molecule has 2 rings (SSSR count). The van der Waals surface area contributed by atoms with E-state index in [1.54, 1.807) is 0 Å². The van der Waals surface area contributed by atoms with Gasteiger partial charge in [0.1, 0.15) is 0 Å². The Kier molecular flexibility index (Phi) is 12.8. The fourth-order valence-corrected chi connectivity index (χ4v) is 5.90. The van der Waals surface area contributed by atoms with Crippen LogP contribution in [0.3, 0.4) is 0 Å². The molecule has 1 saturated carbocycles. The number of hydrogen-bond acceptors (Lipinski definition) is 3. The second-order valence-corrected chi connectivity index (χ2v) is 10.8. The molecule has 0 radical (unpaired) electrons. The van der Waals surface area contributed by atoms with Crippen LogP contribution >= 0.6 is 0 Å². The number of aliphatic hydroxyl groups excluding tert-OH is 2. The molecule has 1 amide bonds. The molecule has 2 N–H and O–H groups in total. The molecule has 1 fully saturated rings. The summed E-state index contributed by atoms with van der Waals surface area (Å²) >= 11 is 0. The number of hydrogen-bond donors (Lipinski definition) is 2. The van der Waals surface area contributed by atoms with Gasteiger partial charge in [-0.15, -0.1) is 0 Å². The monoisotopic (exact) mass is 461 g/mol. The van der Waals surface area contributed by atoms with Crippen molar-refractivity contribution in [1.29, 1.82) is 0 Å². The molecule has 190 valence electrons. The Morgan fingerprint density at radius 1 is 1.15 bits per heavy atom. The van der Waals surface area contributed by atoms with E-state index in [0.717, 1.165) is 64.5 Å². The zero-order valence-electron chi connectivity index (χ0n) is 21.8. The van der Waals surface area contributed by atoms with Crippen LogP contribution in [-0.2, 0) is 4.79 Å². The summed E-state index contributed by atoms with van der Waals surface area (Å²) in [5.74, 6) is 1.95. The standard InChI is InChI=1S/C29H51NO3/c1-5-8-11-22(4)18-25(31)14-15-26-27-20-23(19-24(27)21-28(26)32)12-9-10-13-29(33)30(16-6-2)17-7-3/h14-15,19,22,24-28,31-32H,5-13,16-18,20-21H2,1-4H3/b15-14+/t22-,24-,25+,26+,27-,28+/m0/s1. The lowest BCUT2D eigenvalue weighted by molar-refractivity contribution is -0.131. The number of aliphatic hydroxyl groups is 2. The predicted molar refractivity (Wildman–Crippen MR) is 138 cm³/mol. The SMILES string of the molecule is CCCC[C@H](C)C[C@H](O)/C=C/[C@@H]1[C@H]2CC(CCCCC(=O)N(CCC)CCC)=C[C@H]2C[C@H]1O. The summed E-state index contributed by atoms with van der Waals surface area (Å²) in [6.45, 7) is 10.5. The van der Waals surface area contributed by atoms with Crippen molar-refractivity contribution >= 4 is 5.91 Å². The Hall–Kier alpha value is -1.13. The molecule has 33 heavy (non-hydrogen) atoms. The van der Waals surface area contributed by atoms with Crippen LogP contribution in [0.5, 0.6) is 0 Å². The molecule has 0 heterocycles. The van der Waals surface area contributed by atoms with Crippen molar-refractivity contribution in [2.45, 2.75) is 117 Å². The van der Waals surface area contributed by atoms with Crippen LogP contribution in [0.2, 0.25) is 0 Å². The zero-order valence-corrected chi connectivity index (χ0v) is 21.8. The topological polar surface area (TPSA) is 60.8 Å². The molecule has 0 saturated heterocycles. The quantitative estimate of drug-likeness (QED) is 0.210. The Morgan fingerprint density at radius 3 is 2.55 bits per heavy atom. The second-order valence-electron chi connectivity index (χ2n) is 10.8. The molecule has 4 nitrogen and oxygen atoms in total. The van der Waals surface area contributed by atoms with Gasteiger partial charge in [-0.25, -0.2) is 0 Å². The highest BCUT2D eigenvalue weighted by Gasteiger charge is 2.43. The van der Waals surface area contributed by atoms with Crippen LogP contribution in [0.25, 0.3) is 0 Å². The maximum absolute atomic E-state index is 12.5. The smallest absolute Gasteiger partial charge is 0.222 e. The van der Waals surface area contributed by atoms with Crippen LogP contribution in [0.4, 0.5) is 0 Å². The average molecular weight is 462 g/mol. The van der Waals surface area contributed by atoms with E-state index in [0.29, 0.717) is 30.1 Å². The number of allylic oxidation sites excluding steroid dienone is 2. The van der Waals surface area contributed by atoms with E-state index in [1.165, 1.54) is 24.8 Å². The van der Waals surface area contributed by atoms with Crippen molar-refractivity contribution in [2.75, 3.05) is 13.1 Å². The van der Waals surface area contributed by atoms with Gasteiger partial charge in [-0.2, -0.15) is 0 Å². The van der Waals surface area contributed by atoms with Gasteiger partial charge in [0.05, 0.1) is 12.2 Å².